The minimum absolute atomic E-state index is 0.356. The van der Waals surface area contributed by atoms with Crippen LogP contribution in [-0.4, -0.2) is 37.7 Å². The maximum absolute atomic E-state index is 11.9. The maximum atomic E-state index is 11.9. The fourth-order valence-electron chi connectivity index (χ4n) is 4.03. The first-order valence-electron chi connectivity index (χ1n) is 9.54. The largest absolute Gasteiger partial charge is 0.320 e. The molecular weight excluding hydrogens is 368 g/mol. The van der Waals surface area contributed by atoms with Crippen molar-refractivity contribution in [2.24, 2.45) is 0 Å². The van der Waals surface area contributed by atoms with E-state index in [2.05, 4.69) is 47.8 Å². The molecule has 4 rings (SSSR count). The summed E-state index contributed by atoms with van der Waals surface area (Å²) in [7, 11) is -1.05. The fourth-order valence-corrected chi connectivity index (χ4v) is 4.70. The lowest BCUT2D eigenvalue weighted by Crippen LogP contribution is -2.26. The standard InChI is InChI=1S/C23H26N2O2S/c1-16-8-9-22-20(12-16)21-15-24(3)11-10-23(21)25(22)14-17(2)18-6-5-7-19(13-18)28(4,26)27/h5-9,12-14H,10-11,15H2,1-4H3/b17-14-. The van der Waals surface area contributed by atoms with Crippen molar-refractivity contribution < 1.29 is 8.42 Å². The molecule has 1 aliphatic heterocycles. The van der Waals surface area contributed by atoms with E-state index >= 15 is 0 Å². The van der Waals surface area contributed by atoms with Gasteiger partial charge in [-0.05, 0) is 61.9 Å². The van der Waals surface area contributed by atoms with Crippen molar-refractivity contribution in [2.75, 3.05) is 19.8 Å². The molecule has 0 saturated carbocycles. The second kappa shape index (κ2) is 6.90. The first kappa shape index (κ1) is 19.0. The zero-order valence-electron chi connectivity index (χ0n) is 16.9. The topological polar surface area (TPSA) is 42.3 Å². The molecule has 0 spiro atoms. The van der Waals surface area contributed by atoms with Crippen molar-refractivity contribution >= 4 is 32.5 Å². The van der Waals surface area contributed by atoms with E-state index in [0.29, 0.717) is 4.90 Å². The van der Waals surface area contributed by atoms with E-state index in [0.717, 1.165) is 30.6 Å². The number of allylic oxidation sites excluding steroid dienone is 1. The zero-order chi connectivity index (χ0) is 20.1. The molecule has 0 unspecified atom stereocenters. The van der Waals surface area contributed by atoms with Gasteiger partial charge in [-0.2, -0.15) is 0 Å². The normalized spacial score (nSPS) is 15.8. The molecule has 0 amide bonds. The number of nitrogens with zero attached hydrogens (tertiary/aromatic N) is 2. The zero-order valence-corrected chi connectivity index (χ0v) is 17.7. The molecule has 28 heavy (non-hydrogen) atoms. The van der Waals surface area contributed by atoms with Gasteiger partial charge < -0.3 is 9.47 Å². The van der Waals surface area contributed by atoms with Gasteiger partial charge in [0.25, 0.3) is 0 Å². The smallest absolute Gasteiger partial charge is 0.175 e. The number of benzene rings is 2. The Hall–Kier alpha value is -2.37. The van der Waals surface area contributed by atoms with Crippen LogP contribution in [0.15, 0.2) is 47.4 Å². The van der Waals surface area contributed by atoms with Gasteiger partial charge in [0.2, 0.25) is 0 Å². The molecule has 2 aromatic carbocycles. The average Bonchev–Trinajstić information content (AvgIpc) is 2.93. The van der Waals surface area contributed by atoms with Gasteiger partial charge >= 0.3 is 0 Å². The second-order valence-corrected chi connectivity index (χ2v) is 9.93. The van der Waals surface area contributed by atoms with Gasteiger partial charge in [-0.25, -0.2) is 8.42 Å². The Kier molecular flexibility index (Phi) is 4.68. The van der Waals surface area contributed by atoms with Crippen molar-refractivity contribution in [2.45, 2.75) is 31.7 Å². The summed E-state index contributed by atoms with van der Waals surface area (Å²) in [5, 5.41) is 1.32. The molecule has 5 heteroatoms. The molecule has 1 aliphatic rings. The summed E-state index contributed by atoms with van der Waals surface area (Å²) in [5.41, 5.74) is 7.22. The molecular formula is C23H26N2O2S. The number of aryl methyl sites for hydroxylation is 1. The average molecular weight is 395 g/mol. The predicted molar refractivity (Wildman–Crippen MR) is 116 cm³/mol. The number of sulfone groups is 1. The van der Waals surface area contributed by atoms with Crippen LogP contribution >= 0.6 is 0 Å². The highest BCUT2D eigenvalue weighted by molar-refractivity contribution is 7.90. The monoisotopic (exact) mass is 394 g/mol. The Morgan fingerprint density at radius 1 is 1.14 bits per heavy atom. The molecule has 0 fully saturated rings. The Morgan fingerprint density at radius 2 is 1.93 bits per heavy atom. The third-order valence-electron chi connectivity index (χ3n) is 5.57. The van der Waals surface area contributed by atoms with Crippen LogP contribution in [0.25, 0.3) is 22.7 Å². The van der Waals surface area contributed by atoms with Crippen LogP contribution in [0, 0.1) is 6.92 Å². The van der Waals surface area contributed by atoms with E-state index in [9.17, 15) is 8.42 Å². The van der Waals surface area contributed by atoms with Crippen molar-refractivity contribution in [3.8, 4) is 0 Å². The van der Waals surface area contributed by atoms with E-state index in [-0.39, 0.29) is 0 Å². The Morgan fingerprint density at radius 3 is 2.68 bits per heavy atom. The minimum Gasteiger partial charge on any atom is -0.320 e. The molecule has 3 aromatic rings. The van der Waals surface area contributed by atoms with Gasteiger partial charge in [-0.3, -0.25) is 0 Å². The highest BCUT2D eigenvalue weighted by Crippen LogP contribution is 2.33. The lowest BCUT2D eigenvalue weighted by atomic mass is 10.0. The highest BCUT2D eigenvalue weighted by Gasteiger charge is 2.22. The lowest BCUT2D eigenvalue weighted by molar-refractivity contribution is 0.312. The number of aromatic nitrogens is 1. The highest BCUT2D eigenvalue weighted by atomic mass is 32.2. The van der Waals surface area contributed by atoms with Gasteiger partial charge in [-0.1, -0.05) is 23.8 Å². The maximum Gasteiger partial charge on any atom is 0.175 e. The van der Waals surface area contributed by atoms with Crippen LogP contribution in [0.5, 0.6) is 0 Å². The van der Waals surface area contributed by atoms with Crippen LogP contribution < -0.4 is 0 Å². The third kappa shape index (κ3) is 3.40. The van der Waals surface area contributed by atoms with E-state index < -0.39 is 9.84 Å². The molecule has 0 N–H and O–H groups in total. The molecule has 0 atom stereocenters. The number of likely N-dealkylation sites (N-methyl/N-ethyl adjacent to an activating group) is 1. The first-order chi connectivity index (χ1) is 13.2. The van der Waals surface area contributed by atoms with Crippen LogP contribution in [0.1, 0.15) is 29.3 Å². The summed E-state index contributed by atoms with van der Waals surface area (Å²) in [5.74, 6) is 0. The molecule has 1 aromatic heterocycles. The van der Waals surface area contributed by atoms with Crippen LogP contribution in [-0.2, 0) is 22.8 Å². The number of hydrogen-bond acceptors (Lipinski definition) is 3. The van der Waals surface area contributed by atoms with Crippen molar-refractivity contribution in [3.63, 3.8) is 0 Å². The SMILES string of the molecule is C/C(=C/n1c2c(c3cc(C)ccc31)CN(C)CC2)c1cccc(S(C)(=O)=O)c1. The van der Waals surface area contributed by atoms with Gasteiger partial charge in [0.15, 0.2) is 9.84 Å². The summed E-state index contributed by atoms with van der Waals surface area (Å²) in [6, 6.07) is 13.8. The number of fused-ring (bicyclic) bond motifs is 3. The van der Waals surface area contributed by atoms with E-state index in [1.54, 1.807) is 12.1 Å². The van der Waals surface area contributed by atoms with E-state index in [1.807, 2.05) is 19.1 Å². The van der Waals surface area contributed by atoms with Gasteiger partial charge in [0.05, 0.1) is 10.4 Å². The fraction of sp³-hybridized carbons (Fsp3) is 0.304. The Bertz CT molecular complexity index is 1200. The summed E-state index contributed by atoms with van der Waals surface area (Å²) in [6.07, 6.45) is 4.41. The lowest BCUT2D eigenvalue weighted by Gasteiger charge is -2.23. The van der Waals surface area contributed by atoms with Crippen molar-refractivity contribution in [1.82, 2.24) is 9.47 Å². The predicted octanol–water partition coefficient (Wildman–Crippen LogP) is 4.36. The molecule has 4 nitrogen and oxygen atoms in total. The second-order valence-electron chi connectivity index (χ2n) is 7.92. The van der Waals surface area contributed by atoms with Gasteiger partial charge in [0, 0.05) is 43.0 Å². The van der Waals surface area contributed by atoms with Crippen LogP contribution in [0.3, 0.4) is 0 Å². The Balaban J connectivity index is 1.88. The third-order valence-corrected chi connectivity index (χ3v) is 6.68. The van der Waals surface area contributed by atoms with E-state index in [4.69, 9.17) is 0 Å². The number of hydrogen-bond donors (Lipinski definition) is 0. The minimum atomic E-state index is -3.22. The van der Waals surface area contributed by atoms with E-state index in [1.165, 1.54) is 34.0 Å². The summed E-state index contributed by atoms with van der Waals surface area (Å²) in [4.78, 5) is 2.72. The first-order valence-corrected chi connectivity index (χ1v) is 11.4. The molecule has 0 aliphatic carbocycles. The van der Waals surface area contributed by atoms with Crippen molar-refractivity contribution in [3.05, 3.63) is 64.8 Å². The van der Waals surface area contributed by atoms with Crippen LogP contribution in [0.4, 0.5) is 0 Å². The van der Waals surface area contributed by atoms with Gasteiger partial charge in [-0.15, -0.1) is 0 Å². The molecule has 0 bridgehead atoms. The molecule has 146 valence electrons. The summed E-state index contributed by atoms with van der Waals surface area (Å²) in [6.45, 7) is 6.17. The molecule has 0 saturated heterocycles. The van der Waals surface area contributed by atoms with Crippen LogP contribution in [0.2, 0.25) is 0 Å². The summed E-state index contributed by atoms with van der Waals surface area (Å²) >= 11 is 0. The Labute approximate surface area is 167 Å². The molecule has 0 radical (unpaired) electrons. The van der Waals surface area contributed by atoms with Crippen molar-refractivity contribution in [1.29, 1.82) is 0 Å². The number of rotatable bonds is 3. The summed E-state index contributed by atoms with van der Waals surface area (Å²) < 4.78 is 26.2. The van der Waals surface area contributed by atoms with Gasteiger partial charge in [0.1, 0.15) is 0 Å². The molecule has 2 heterocycles. The quantitative estimate of drug-likeness (QED) is 0.663.